The molecule has 1 aromatic carbocycles. The monoisotopic (exact) mass is 360 g/mol. The highest BCUT2D eigenvalue weighted by Crippen LogP contribution is 2.18. The third-order valence-corrected chi connectivity index (χ3v) is 5.12. The van der Waals surface area contributed by atoms with E-state index in [0.717, 1.165) is 24.2 Å². The Hall–Kier alpha value is -2.52. The van der Waals surface area contributed by atoms with Crippen LogP contribution in [0.1, 0.15) is 13.3 Å². The number of hydrogen-bond acceptors (Lipinski definition) is 6. The van der Waals surface area contributed by atoms with Gasteiger partial charge in [-0.15, -0.1) is 0 Å². The van der Waals surface area contributed by atoms with Crippen LogP contribution in [0.25, 0.3) is 11.0 Å². The number of sulfonamides is 1. The third-order valence-electron chi connectivity index (χ3n) is 3.65. The van der Waals surface area contributed by atoms with Crippen LogP contribution in [0.15, 0.2) is 47.8 Å². The summed E-state index contributed by atoms with van der Waals surface area (Å²) in [6.07, 6.45) is 4.16. The minimum absolute atomic E-state index is 0.218. The van der Waals surface area contributed by atoms with Gasteiger partial charge in [0.2, 0.25) is 10.0 Å². The number of fused-ring (bicyclic) bond motifs is 1. The Morgan fingerprint density at radius 1 is 1.12 bits per heavy atom. The molecule has 3 aromatic rings. The summed E-state index contributed by atoms with van der Waals surface area (Å²) in [5, 5.41) is 8.35. The van der Waals surface area contributed by atoms with Crippen molar-refractivity contribution in [1.82, 2.24) is 24.5 Å². The second-order valence-corrected chi connectivity index (χ2v) is 7.23. The summed E-state index contributed by atoms with van der Waals surface area (Å²) in [5.41, 5.74) is 0.674. The van der Waals surface area contributed by atoms with Crippen LogP contribution in [0.5, 0.6) is 0 Å². The average molecular weight is 360 g/mol. The van der Waals surface area contributed by atoms with E-state index in [4.69, 9.17) is 0 Å². The van der Waals surface area contributed by atoms with Gasteiger partial charge in [-0.05, 0) is 18.6 Å². The Labute approximate surface area is 146 Å². The number of aromatic nitrogens is 4. The molecule has 0 aliphatic rings. The minimum Gasteiger partial charge on any atom is -0.369 e. The van der Waals surface area contributed by atoms with E-state index in [1.807, 2.05) is 0 Å². The summed E-state index contributed by atoms with van der Waals surface area (Å²) in [6, 6.07) is 8.28. The van der Waals surface area contributed by atoms with Crippen LogP contribution in [0.2, 0.25) is 0 Å². The first kappa shape index (κ1) is 17.3. The molecule has 3 rings (SSSR count). The highest BCUT2D eigenvalue weighted by Gasteiger charge is 2.14. The van der Waals surface area contributed by atoms with Gasteiger partial charge in [-0.1, -0.05) is 25.1 Å². The fourth-order valence-corrected chi connectivity index (χ4v) is 3.45. The van der Waals surface area contributed by atoms with Crippen molar-refractivity contribution in [2.24, 2.45) is 0 Å². The summed E-state index contributed by atoms with van der Waals surface area (Å²) in [6.45, 7) is 3.48. The molecule has 25 heavy (non-hydrogen) atoms. The highest BCUT2D eigenvalue weighted by molar-refractivity contribution is 7.89. The van der Waals surface area contributed by atoms with E-state index in [1.165, 1.54) is 6.33 Å². The van der Waals surface area contributed by atoms with Crippen LogP contribution >= 0.6 is 0 Å². The van der Waals surface area contributed by atoms with Gasteiger partial charge in [0.1, 0.15) is 12.1 Å². The average Bonchev–Trinajstić information content (AvgIpc) is 3.04. The van der Waals surface area contributed by atoms with Gasteiger partial charge in [-0.25, -0.2) is 27.8 Å². The fraction of sp³-hybridized carbons (Fsp3) is 0.312. The van der Waals surface area contributed by atoms with Crippen LogP contribution in [-0.2, 0) is 16.6 Å². The van der Waals surface area contributed by atoms with Crippen molar-refractivity contribution in [1.29, 1.82) is 0 Å². The Balaban J connectivity index is 1.70. The lowest BCUT2D eigenvalue weighted by molar-refractivity contribution is 0.564. The first-order valence-corrected chi connectivity index (χ1v) is 9.55. The van der Waals surface area contributed by atoms with E-state index in [9.17, 15) is 8.42 Å². The van der Waals surface area contributed by atoms with Gasteiger partial charge in [0.05, 0.1) is 23.0 Å². The maximum atomic E-state index is 12.2. The zero-order chi connectivity index (χ0) is 17.7. The standard InChI is InChI=1S/C16H20N6O2S/c1-2-8-17-15-14-11-20-22(16(14)19-12-18-15)10-9-21-25(23,24)13-6-4-3-5-7-13/h3-7,11-12,21H,2,8-10H2,1H3,(H,17,18,19). The molecule has 0 aliphatic heterocycles. The predicted octanol–water partition coefficient (Wildman–Crippen LogP) is 1.63. The van der Waals surface area contributed by atoms with E-state index in [1.54, 1.807) is 41.2 Å². The minimum atomic E-state index is -3.52. The van der Waals surface area contributed by atoms with Crippen LogP contribution in [-0.4, -0.2) is 41.3 Å². The van der Waals surface area contributed by atoms with Crippen molar-refractivity contribution in [3.8, 4) is 0 Å². The number of nitrogens with one attached hydrogen (secondary N) is 2. The SMILES string of the molecule is CCCNc1ncnc2c1cnn2CCNS(=O)(=O)c1ccccc1. The first-order chi connectivity index (χ1) is 12.1. The molecule has 2 aromatic heterocycles. The van der Waals surface area contributed by atoms with Crippen LogP contribution in [0, 0.1) is 0 Å². The Morgan fingerprint density at radius 2 is 1.92 bits per heavy atom. The molecule has 0 radical (unpaired) electrons. The summed E-state index contributed by atoms with van der Waals surface area (Å²) >= 11 is 0. The lowest BCUT2D eigenvalue weighted by Crippen LogP contribution is -2.27. The van der Waals surface area contributed by atoms with Crippen LogP contribution < -0.4 is 10.0 Å². The van der Waals surface area contributed by atoms with Gasteiger partial charge < -0.3 is 5.32 Å². The first-order valence-electron chi connectivity index (χ1n) is 8.07. The molecule has 0 saturated carbocycles. The second-order valence-electron chi connectivity index (χ2n) is 5.46. The molecule has 0 amide bonds. The van der Waals surface area contributed by atoms with E-state index in [0.29, 0.717) is 12.2 Å². The quantitative estimate of drug-likeness (QED) is 0.633. The number of hydrogen-bond donors (Lipinski definition) is 2. The van der Waals surface area contributed by atoms with Crippen molar-refractivity contribution in [3.05, 3.63) is 42.9 Å². The van der Waals surface area contributed by atoms with Crippen molar-refractivity contribution < 1.29 is 8.42 Å². The van der Waals surface area contributed by atoms with Gasteiger partial charge in [-0.2, -0.15) is 5.10 Å². The zero-order valence-electron chi connectivity index (χ0n) is 13.9. The molecule has 0 bridgehead atoms. The zero-order valence-corrected chi connectivity index (χ0v) is 14.7. The molecule has 0 unspecified atom stereocenters. The van der Waals surface area contributed by atoms with Crippen LogP contribution in [0.4, 0.5) is 5.82 Å². The topological polar surface area (TPSA) is 102 Å². The molecule has 0 aliphatic carbocycles. The van der Waals surface area contributed by atoms with Crippen molar-refractivity contribution in [3.63, 3.8) is 0 Å². The molecule has 2 heterocycles. The maximum absolute atomic E-state index is 12.2. The molecule has 0 fully saturated rings. The van der Waals surface area contributed by atoms with Crippen molar-refractivity contribution in [2.45, 2.75) is 24.8 Å². The molecule has 0 saturated heterocycles. The van der Waals surface area contributed by atoms with E-state index < -0.39 is 10.0 Å². The molecule has 2 N–H and O–H groups in total. The summed E-state index contributed by atoms with van der Waals surface area (Å²) < 4.78 is 28.7. The Morgan fingerprint density at radius 3 is 2.68 bits per heavy atom. The fourth-order valence-electron chi connectivity index (χ4n) is 2.41. The van der Waals surface area contributed by atoms with Gasteiger partial charge in [0.25, 0.3) is 0 Å². The second kappa shape index (κ2) is 7.58. The smallest absolute Gasteiger partial charge is 0.240 e. The largest absolute Gasteiger partial charge is 0.369 e. The van der Waals surface area contributed by atoms with E-state index >= 15 is 0 Å². The maximum Gasteiger partial charge on any atom is 0.240 e. The van der Waals surface area contributed by atoms with Gasteiger partial charge in [0.15, 0.2) is 5.65 Å². The summed E-state index contributed by atoms with van der Waals surface area (Å²) in [5.74, 6) is 0.739. The Kier molecular flexibility index (Phi) is 5.25. The molecule has 0 atom stereocenters. The van der Waals surface area contributed by atoms with Gasteiger partial charge in [0, 0.05) is 13.1 Å². The normalized spacial score (nSPS) is 11.7. The third kappa shape index (κ3) is 3.94. The molecule has 9 heteroatoms. The van der Waals surface area contributed by atoms with E-state index in [2.05, 4.69) is 32.0 Å². The number of benzene rings is 1. The number of nitrogens with zero attached hydrogens (tertiary/aromatic N) is 4. The molecule has 8 nitrogen and oxygen atoms in total. The molecule has 132 valence electrons. The number of rotatable bonds is 8. The molecule has 0 spiro atoms. The lowest BCUT2D eigenvalue weighted by Gasteiger charge is -2.08. The lowest BCUT2D eigenvalue weighted by atomic mass is 10.4. The van der Waals surface area contributed by atoms with E-state index in [-0.39, 0.29) is 11.4 Å². The van der Waals surface area contributed by atoms with Gasteiger partial charge >= 0.3 is 0 Å². The van der Waals surface area contributed by atoms with Gasteiger partial charge in [-0.3, -0.25) is 0 Å². The predicted molar refractivity (Wildman–Crippen MR) is 95.7 cm³/mol. The number of anilines is 1. The van der Waals surface area contributed by atoms with Crippen molar-refractivity contribution >= 4 is 26.9 Å². The molecular formula is C16H20N6O2S. The summed E-state index contributed by atoms with van der Waals surface area (Å²) in [4.78, 5) is 8.73. The van der Waals surface area contributed by atoms with Crippen LogP contribution in [0.3, 0.4) is 0 Å². The Bertz CT molecular complexity index is 940. The highest BCUT2D eigenvalue weighted by atomic mass is 32.2. The summed E-state index contributed by atoms with van der Waals surface area (Å²) in [7, 11) is -3.52. The molecular weight excluding hydrogens is 340 g/mol. The van der Waals surface area contributed by atoms with Crippen molar-refractivity contribution in [2.75, 3.05) is 18.4 Å².